The predicted octanol–water partition coefficient (Wildman–Crippen LogP) is 4.24. The number of ether oxygens (including phenoxy) is 2. The Bertz CT molecular complexity index is 1030. The van der Waals surface area contributed by atoms with Crippen LogP contribution < -0.4 is 14.8 Å². The van der Waals surface area contributed by atoms with Gasteiger partial charge in [-0.1, -0.05) is 29.0 Å². The first-order chi connectivity index (χ1) is 14.0. The highest BCUT2D eigenvalue weighted by molar-refractivity contribution is 8.00. The lowest BCUT2D eigenvalue weighted by Gasteiger charge is -2.19. The zero-order valence-corrected chi connectivity index (χ0v) is 17.2. The number of carbonyl (C=O) groups excluding carboxylic acids is 1. The third kappa shape index (κ3) is 4.54. The third-order valence-corrected chi connectivity index (χ3v) is 5.27. The van der Waals surface area contributed by atoms with E-state index in [0.717, 1.165) is 16.7 Å². The second-order valence-electron chi connectivity index (χ2n) is 6.86. The van der Waals surface area contributed by atoms with Crippen LogP contribution in [-0.2, 0) is 4.79 Å². The highest BCUT2D eigenvalue weighted by Crippen LogP contribution is 2.33. The predicted molar refractivity (Wildman–Crippen MR) is 111 cm³/mol. The highest BCUT2D eigenvalue weighted by atomic mass is 32.2. The molecular weight excluding hydrogens is 390 g/mol. The van der Waals surface area contributed by atoms with Gasteiger partial charge in [0.15, 0.2) is 11.5 Å². The Morgan fingerprint density at radius 1 is 1.03 bits per heavy atom. The van der Waals surface area contributed by atoms with Gasteiger partial charge in [0, 0.05) is 17.3 Å². The van der Waals surface area contributed by atoms with Gasteiger partial charge in [0.1, 0.15) is 13.2 Å². The number of aryl methyl sites for hydroxylation is 2. The molecular formula is C21H21N3O4S. The molecule has 0 saturated carbocycles. The molecule has 2 aromatic carbocycles. The van der Waals surface area contributed by atoms with E-state index in [1.807, 2.05) is 26.0 Å². The van der Waals surface area contributed by atoms with E-state index in [4.69, 9.17) is 13.9 Å². The van der Waals surface area contributed by atoms with Crippen molar-refractivity contribution in [1.29, 1.82) is 0 Å². The van der Waals surface area contributed by atoms with Gasteiger partial charge in [-0.15, -0.1) is 10.2 Å². The number of amides is 1. The molecule has 2 heterocycles. The summed E-state index contributed by atoms with van der Waals surface area (Å²) in [5.74, 6) is 1.59. The van der Waals surface area contributed by atoms with Gasteiger partial charge in [0.05, 0.1) is 5.25 Å². The second kappa shape index (κ2) is 8.16. The van der Waals surface area contributed by atoms with E-state index in [-0.39, 0.29) is 5.91 Å². The zero-order valence-electron chi connectivity index (χ0n) is 16.4. The molecule has 1 amide bonds. The molecule has 1 aromatic heterocycles. The molecule has 0 aliphatic carbocycles. The van der Waals surface area contributed by atoms with Crippen molar-refractivity contribution in [3.05, 3.63) is 47.5 Å². The number of aromatic nitrogens is 2. The fourth-order valence-corrected chi connectivity index (χ4v) is 3.73. The number of thioether (sulfide) groups is 1. The molecule has 0 fully saturated rings. The van der Waals surface area contributed by atoms with E-state index < -0.39 is 5.25 Å². The van der Waals surface area contributed by atoms with Crippen molar-refractivity contribution in [2.75, 3.05) is 18.5 Å². The van der Waals surface area contributed by atoms with Gasteiger partial charge in [-0.3, -0.25) is 4.79 Å². The first-order valence-electron chi connectivity index (χ1n) is 9.27. The lowest BCUT2D eigenvalue weighted by molar-refractivity contribution is -0.115. The molecule has 1 aliphatic rings. The van der Waals surface area contributed by atoms with Crippen molar-refractivity contribution in [2.24, 2.45) is 0 Å². The van der Waals surface area contributed by atoms with Crippen molar-refractivity contribution in [3.8, 4) is 23.0 Å². The Balaban J connectivity index is 1.41. The van der Waals surface area contributed by atoms with E-state index in [0.29, 0.717) is 41.5 Å². The fourth-order valence-electron chi connectivity index (χ4n) is 3.04. The number of hydrogen-bond donors (Lipinski definition) is 1. The number of anilines is 1. The van der Waals surface area contributed by atoms with Crippen LogP contribution in [0.25, 0.3) is 11.5 Å². The molecule has 0 saturated heterocycles. The summed E-state index contributed by atoms with van der Waals surface area (Å²) in [7, 11) is 0. The van der Waals surface area contributed by atoms with E-state index in [1.165, 1.54) is 11.8 Å². The molecule has 0 spiro atoms. The number of benzene rings is 2. The normalized spacial score (nSPS) is 13.8. The van der Waals surface area contributed by atoms with E-state index in [1.54, 1.807) is 25.1 Å². The van der Waals surface area contributed by atoms with Crippen LogP contribution in [0.5, 0.6) is 11.5 Å². The van der Waals surface area contributed by atoms with E-state index in [9.17, 15) is 4.79 Å². The lowest BCUT2D eigenvalue weighted by Crippen LogP contribution is -2.22. The van der Waals surface area contributed by atoms with Crippen LogP contribution in [0.4, 0.5) is 5.69 Å². The summed E-state index contributed by atoms with van der Waals surface area (Å²) in [5, 5.41) is 11.0. The summed E-state index contributed by atoms with van der Waals surface area (Å²) in [6, 6.07) is 11.4. The molecule has 0 bridgehead atoms. The molecule has 1 atom stereocenters. The molecule has 1 N–H and O–H groups in total. The maximum atomic E-state index is 12.6. The summed E-state index contributed by atoms with van der Waals surface area (Å²) < 4.78 is 16.8. The van der Waals surface area contributed by atoms with Crippen LogP contribution in [0.15, 0.2) is 46.0 Å². The number of rotatable bonds is 5. The Morgan fingerprint density at radius 2 is 1.76 bits per heavy atom. The molecule has 150 valence electrons. The van der Waals surface area contributed by atoms with Crippen molar-refractivity contribution < 1.29 is 18.7 Å². The van der Waals surface area contributed by atoms with Gasteiger partial charge in [-0.2, -0.15) is 0 Å². The van der Waals surface area contributed by atoms with Crippen molar-refractivity contribution in [3.63, 3.8) is 0 Å². The zero-order chi connectivity index (χ0) is 20.4. The minimum absolute atomic E-state index is 0.169. The first kappa shape index (κ1) is 19.3. The molecule has 8 heteroatoms. The molecule has 0 unspecified atom stereocenters. The smallest absolute Gasteiger partial charge is 0.277 e. The van der Waals surface area contributed by atoms with Gasteiger partial charge in [-0.05, 0) is 45.0 Å². The number of hydrogen-bond acceptors (Lipinski definition) is 7. The second-order valence-corrected chi connectivity index (χ2v) is 8.15. The number of nitrogens with zero attached hydrogens (tertiary/aromatic N) is 2. The van der Waals surface area contributed by atoms with Gasteiger partial charge < -0.3 is 19.2 Å². The molecule has 7 nitrogen and oxygen atoms in total. The quantitative estimate of drug-likeness (QED) is 0.628. The van der Waals surface area contributed by atoms with Crippen LogP contribution >= 0.6 is 11.8 Å². The van der Waals surface area contributed by atoms with Crippen molar-refractivity contribution in [1.82, 2.24) is 10.2 Å². The molecule has 3 aromatic rings. The minimum Gasteiger partial charge on any atom is -0.486 e. The van der Waals surface area contributed by atoms with Gasteiger partial charge >= 0.3 is 0 Å². The molecule has 1 aliphatic heterocycles. The molecule has 0 radical (unpaired) electrons. The largest absolute Gasteiger partial charge is 0.486 e. The van der Waals surface area contributed by atoms with Crippen LogP contribution in [0.2, 0.25) is 0 Å². The van der Waals surface area contributed by atoms with Crippen LogP contribution in [0, 0.1) is 13.8 Å². The summed E-state index contributed by atoms with van der Waals surface area (Å²) in [6.45, 7) is 6.86. The summed E-state index contributed by atoms with van der Waals surface area (Å²) in [5.41, 5.74) is 3.77. The summed E-state index contributed by atoms with van der Waals surface area (Å²) in [6.07, 6.45) is 0. The average Bonchev–Trinajstić information content (AvgIpc) is 3.15. The summed E-state index contributed by atoms with van der Waals surface area (Å²) in [4.78, 5) is 12.6. The van der Waals surface area contributed by atoms with Crippen LogP contribution in [0.3, 0.4) is 0 Å². The van der Waals surface area contributed by atoms with Gasteiger partial charge in [-0.25, -0.2) is 0 Å². The number of carbonyl (C=O) groups is 1. The topological polar surface area (TPSA) is 86.5 Å². The fraction of sp³-hybridized carbons (Fsp3) is 0.286. The lowest BCUT2D eigenvalue weighted by atomic mass is 10.1. The van der Waals surface area contributed by atoms with Crippen LogP contribution in [-0.4, -0.2) is 34.6 Å². The SMILES string of the molecule is Cc1cc(C)cc(-c2nnc(S[C@@H](C)C(=O)Nc3ccc4c(c3)OCCO4)o2)c1. The van der Waals surface area contributed by atoms with E-state index >= 15 is 0 Å². The minimum atomic E-state index is -0.421. The maximum absolute atomic E-state index is 12.6. The Kier molecular flexibility index (Phi) is 5.44. The monoisotopic (exact) mass is 411 g/mol. The van der Waals surface area contributed by atoms with Gasteiger partial charge in [0.2, 0.25) is 11.8 Å². The van der Waals surface area contributed by atoms with Crippen LogP contribution in [0.1, 0.15) is 18.1 Å². The third-order valence-electron chi connectivity index (χ3n) is 4.33. The maximum Gasteiger partial charge on any atom is 0.277 e. The van der Waals surface area contributed by atoms with Crippen molar-refractivity contribution >= 4 is 23.4 Å². The number of fused-ring (bicyclic) bond motifs is 1. The standard InChI is InChI=1S/C21H21N3O4S/c1-12-8-13(2)10-15(9-12)20-23-24-21(28-20)29-14(3)19(25)22-16-4-5-17-18(11-16)27-7-6-26-17/h4-5,8-11,14H,6-7H2,1-3H3,(H,22,25)/t14-/m0/s1. The first-order valence-corrected chi connectivity index (χ1v) is 10.2. The Labute approximate surface area is 172 Å². The Morgan fingerprint density at radius 3 is 2.52 bits per heavy atom. The van der Waals surface area contributed by atoms with Gasteiger partial charge in [0.25, 0.3) is 5.22 Å². The molecule has 29 heavy (non-hydrogen) atoms. The molecule has 4 rings (SSSR count). The van der Waals surface area contributed by atoms with Crippen molar-refractivity contribution in [2.45, 2.75) is 31.2 Å². The number of nitrogens with one attached hydrogen (secondary N) is 1. The summed E-state index contributed by atoms with van der Waals surface area (Å²) >= 11 is 1.22. The van der Waals surface area contributed by atoms with E-state index in [2.05, 4.69) is 21.6 Å². The highest BCUT2D eigenvalue weighted by Gasteiger charge is 2.20. The average molecular weight is 411 g/mol. The Hall–Kier alpha value is -3.00.